The highest BCUT2D eigenvalue weighted by Crippen LogP contribution is 2.37. The Balaban J connectivity index is 2.13. The number of alkyl halides is 1. The molecule has 4 heteroatoms. The molecule has 0 amide bonds. The van der Waals surface area contributed by atoms with E-state index in [0.29, 0.717) is 17.9 Å². The van der Waals surface area contributed by atoms with Crippen molar-refractivity contribution in [2.75, 3.05) is 11.9 Å². The summed E-state index contributed by atoms with van der Waals surface area (Å²) in [6, 6.07) is 4.12. The number of benzene rings is 1. The summed E-state index contributed by atoms with van der Waals surface area (Å²) in [7, 11) is 0. The van der Waals surface area contributed by atoms with Gasteiger partial charge in [0.2, 0.25) is 0 Å². The molecule has 2 nitrogen and oxygen atoms in total. The molecule has 116 valence electrons. The van der Waals surface area contributed by atoms with Gasteiger partial charge in [0.25, 0.3) is 0 Å². The Bertz CT molecular complexity index is 494. The van der Waals surface area contributed by atoms with Crippen LogP contribution in [0.5, 0.6) is 5.75 Å². The molecule has 1 fully saturated rings. The second-order valence-electron chi connectivity index (χ2n) is 6.03. The summed E-state index contributed by atoms with van der Waals surface area (Å²) < 4.78 is 19.3. The Morgan fingerprint density at radius 1 is 1.29 bits per heavy atom. The predicted molar refractivity (Wildman–Crippen MR) is 85.8 cm³/mol. The fourth-order valence-electron chi connectivity index (χ4n) is 2.93. The first-order chi connectivity index (χ1) is 10.1. The fourth-order valence-corrected chi connectivity index (χ4v) is 3.65. The number of hydrogen-bond donors (Lipinski definition) is 0. The van der Waals surface area contributed by atoms with Crippen molar-refractivity contribution in [2.45, 2.75) is 45.4 Å². The van der Waals surface area contributed by atoms with Crippen LogP contribution in [-0.2, 0) is 0 Å². The first-order valence-electron chi connectivity index (χ1n) is 7.56. The van der Waals surface area contributed by atoms with Crippen LogP contribution in [0, 0.1) is 11.2 Å². The average Bonchev–Trinajstić information content (AvgIpc) is 2.71. The third kappa shape index (κ3) is 4.29. The van der Waals surface area contributed by atoms with Crippen LogP contribution in [-0.4, -0.2) is 17.7 Å². The lowest BCUT2D eigenvalue weighted by molar-refractivity contribution is 0.100. The molecule has 1 aromatic rings. The zero-order chi connectivity index (χ0) is 15.3. The molecule has 0 saturated heterocycles. The molecule has 1 saturated carbocycles. The van der Waals surface area contributed by atoms with E-state index in [2.05, 4.69) is 15.9 Å². The molecule has 1 aliphatic rings. The highest BCUT2D eigenvalue weighted by molar-refractivity contribution is 9.09. The molecule has 0 aromatic heterocycles. The van der Waals surface area contributed by atoms with Gasteiger partial charge in [-0.25, -0.2) is 4.39 Å². The predicted octanol–water partition coefficient (Wildman–Crippen LogP) is 5.14. The summed E-state index contributed by atoms with van der Waals surface area (Å²) in [6.45, 7) is 2.01. The van der Waals surface area contributed by atoms with E-state index in [9.17, 15) is 9.18 Å². The number of ether oxygens (including phenoxy) is 1. The third-order valence-electron chi connectivity index (χ3n) is 4.30. The number of ketones is 1. The van der Waals surface area contributed by atoms with Gasteiger partial charge in [0.15, 0.2) is 5.78 Å². The van der Waals surface area contributed by atoms with Gasteiger partial charge in [0, 0.05) is 16.8 Å². The van der Waals surface area contributed by atoms with E-state index >= 15 is 0 Å². The molecule has 0 bridgehead atoms. The maximum absolute atomic E-state index is 13.4. The Morgan fingerprint density at radius 2 is 1.95 bits per heavy atom. The SMILES string of the molecule is CC(=O)c1ccc(F)cc1OCC1(CBr)CCCCCC1. The lowest BCUT2D eigenvalue weighted by atomic mass is 9.83. The summed E-state index contributed by atoms with van der Waals surface area (Å²) in [5.74, 6) is -0.102. The lowest BCUT2D eigenvalue weighted by Crippen LogP contribution is -2.30. The first-order valence-corrected chi connectivity index (χ1v) is 8.68. The minimum atomic E-state index is -0.372. The summed E-state index contributed by atoms with van der Waals surface area (Å²) in [5.41, 5.74) is 0.548. The van der Waals surface area contributed by atoms with Crippen LogP contribution in [0.25, 0.3) is 0 Å². The fraction of sp³-hybridized carbons (Fsp3) is 0.588. The quantitative estimate of drug-likeness (QED) is 0.414. The Labute approximate surface area is 134 Å². The molecule has 1 aliphatic carbocycles. The molecule has 2 rings (SSSR count). The first kappa shape index (κ1) is 16.5. The minimum Gasteiger partial charge on any atom is -0.492 e. The maximum atomic E-state index is 13.4. The number of rotatable bonds is 5. The van der Waals surface area contributed by atoms with Gasteiger partial charge in [0.05, 0.1) is 12.2 Å². The zero-order valence-electron chi connectivity index (χ0n) is 12.5. The summed E-state index contributed by atoms with van der Waals surface area (Å²) in [6.07, 6.45) is 7.18. The van der Waals surface area contributed by atoms with Crippen LogP contribution in [0.3, 0.4) is 0 Å². The molecular weight excluding hydrogens is 335 g/mol. The normalized spacial score (nSPS) is 18.0. The highest BCUT2D eigenvalue weighted by Gasteiger charge is 2.31. The van der Waals surface area contributed by atoms with Crippen LogP contribution in [0.2, 0.25) is 0 Å². The molecule has 1 aromatic carbocycles. The standard InChI is InChI=1S/C17H22BrFO2/c1-13(20)15-7-6-14(19)10-16(15)21-12-17(11-18)8-4-2-3-5-9-17/h6-7,10H,2-5,8-9,11-12H2,1H3. The van der Waals surface area contributed by atoms with Crippen molar-refractivity contribution in [3.63, 3.8) is 0 Å². The molecule has 0 spiro atoms. The molecule has 0 N–H and O–H groups in total. The third-order valence-corrected chi connectivity index (χ3v) is 5.49. The molecule has 21 heavy (non-hydrogen) atoms. The van der Waals surface area contributed by atoms with E-state index in [4.69, 9.17) is 4.74 Å². The van der Waals surface area contributed by atoms with Crippen molar-refractivity contribution in [2.24, 2.45) is 5.41 Å². The van der Waals surface area contributed by atoms with Crippen LogP contribution in [0.4, 0.5) is 4.39 Å². The van der Waals surface area contributed by atoms with Gasteiger partial charge in [-0.15, -0.1) is 0 Å². The van der Waals surface area contributed by atoms with Crippen molar-refractivity contribution in [3.8, 4) is 5.75 Å². The van der Waals surface area contributed by atoms with Crippen molar-refractivity contribution in [1.82, 2.24) is 0 Å². The van der Waals surface area contributed by atoms with Gasteiger partial charge in [-0.3, -0.25) is 4.79 Å². The maximum Gasteiger partial charge on any atom is 0.163 e. The van der Waals surface area contributed by atoms with E-state index in [1.165, 1.54) is 50.8 Å². The van der Waals surface area contributed by atoms with Crippen LogP contribution < -0.4 is 4.74 Å². The lowest BCUT2D eigenvalue weighted by Gasteiger charge is -2.30. The number of carbonyl (C=O) groups excluding carboxylic acids is 1. The largest absolute Gasteiger partial charge is 0.492 e. The Morgan fingerprint density at radius 3 is 2.52 bits per heavy atom. The van der Waals surface area contributed by atoms with E-state index < -0.39 is 0 Å². The smallest absolute Gasteiger partial charge is 0.163 e. The Kier molecular flexibility index (Phi) is 5.80. The van der Waals surface area contributed by atoms with Crippen LogP contribution >= 0.6 is 15.9 Å². The van der Waals surface area contributed by atoms with Gasteiger partial charge < -0.3 is 4.74 Å². The summed E-state index contributed by atoms with van der Waals surface area (Å²) in [5, 5.41) is 0.880. The van der Waals surface area contributed by atoms with Gasteiger partial charge in [-0.2, -0.15) is 0 Å². The van der Waals surface area contributed by atoms with Gasteiger partial charge in [-0.05, 0) is 31.9 Å². The molecule has 0 atom stereocenters. The van der Waals surface area contributed by atoms with E-state index in [1.807, 2.05) is 0 Å². The molecule has 0 aliphatic heterocycles. The van der Waals surface area contributed by atoms with Crippen molar-refractivity contribution in [1.29, 1.82) is 0 Å². The molecule has 0 heterocycles. The van der Waals surface area contributed by atoms with Crippen molar-refractivity contribution >= 4 is 21.7 Å². The number of halogens is 2. The second kappa shape index (κ2) is 7.39. The molecule has 0 unspecified atom stereocenters. The summed E-state index contributed by atoms with van der Waals surface area (Å²) >= 11 is 3.62. The monoisotopic (exact) mass is 356 g/mol. The van der Waals surface area contributed by atoms with Crippen LogP contribution in [0.15, 0.2) is 18.2 Å². The number of Topliss-reactive ketones (excluding diaryl/α,β-unsaturated/α-hetero) is 1. The van der Waals surface area contributed by atoms with Gasteiger partial charge in [0.1, 0.15) is 11.6 Å². The van der Waals surface area contributed by atoms with E-state index in [-0.39, 0.29) is 17.0 Å². The van der Waals surface area contributed by atoms with Gasteiger partial charge >= 0.3 is 0 Å². The topological polar surface area (TPSA) is 26.3 Å². The van der Waals surface area contributed by atoms with Crippen molar-refractivity contribution in [3.05, 3.63) is 29.6 Å². The van der Waals surface area contributed by atoms with Crippen LogP contribution in [0.1, 0.15) is 55.8 Å². The average molecular weight is 357 g/mol. The molecular formula is C17H22BrFO2. The number of hydrogen-bond acceptors (Lipinski definition) is 2. The zero-order valence-corrected chi connectivity index (χ0v) is 14.0. The second-order valence-corrected chi connectivity index (χ2v) is 6.59. The van der Waals surface area contributed by atoms with E-state index in [0.717, 1.165) is 18.2 Å². The Hall–Kier alpha value is -0.900. The highest BCUT2D eigenvalue weighted by atomic mass is 79.9. The number of carbonyl (C=O) groups is 1. The van der Waals surface area contributed by atoms with E-state index in [1.54, 1.807) is 0 Å². The molecule has 0 radical (unpaired) electrons. The van der Waals surface area contributed by atoms with Gasteiger partial charge in [-0.1, -0.05) is 41.6 Å². The van der Waals surface area contributed by atoms with Crippen molar-refractivity contribution < 1.29 is 13.9 Å². The summed E-state index contributed by atoms with van der Waals surface area (Å²) in [4.78, 5) is 11.6. The minimum absolute atomic E-state index is 0.0941.